The SMILES string of the molecule is CCC(C)N1CC(C)(C)Oc2c(F)cc(-c3nc(Cc4ccc(N)c(F)c4)ncc3F)cc21. The van der Waals surface area contributed by atoms with Crippen molar-refractivity contribution in [1.29, 1.82) is 0 Å². The van der Waals surface area contributed by atoms with Crippen molar-refractivity contribution >= 4 is 11.4 Å². The molecule has 2 aromatic carbocycles. The molecule has 1 atom stereocenters. The lowest BCUT2D eigenvalue weighted by atomic mass is 10.00. The van der Waals surface area contributed by atoms with Gasteiger partial charge >= 0.3 is 0 Å². The zero-order valence-corrected chi connectivity index (χ0v) is 19.1. The second-order valence-corrected chi connectivity index (χ2v) is 9.07. The van der Waals surface area contributed by atoms with Crippen molar-refractivity contribution in [2.24, 2.45) is 0 Å². The first-order valence-electron chi connectivity index (χ1n) is 10.9. The van der Waals surface area contributed by atoms with Crippen molar-refractivity contribution in [2.75, 3.05) is 17.2 Å². The Labute approximate surface area is 191 Å². The van der Waals surface area contributed by atoms with Gasteiger partial charge in [0.15, 0.2) is 17.4 Å². The molecule has 0 fully saturated rings. The molecule has 0 saturated heterocycles. The van der Waals surface area contributed by atoms with Gasteiger partial charge in [0.1, 0.15) is 22.9 Å². The molecule has 2 heterocycles. The van der Waals surface area contributed by atoms with E-state index in [9.17, 15) is 8.78 Å². The number of ether oxygens (including phenoxy) is 1. The van der Waals surface area contributed by atoms with Crippen LogP contribution in [0.15, 0.2) is 36.5 Å². The predicted molar refractivity (Wildman–Crippen MR) is 123 cm³/mol. The van der Waals surface area contributed by atoms with Crippen LogP contribution >= 0.6 is 0 Å². The van der Waals surface area contributed by atoms with E-state index in [0.717, 1.165) is 12.6 Å². The number of nitrogens with two attached hydrogens (primary N) is 1. The van der Waals surface area contributed by atoms with Crippen LogP contribution in [0.3, 0.4) is 0 Å². The highest BCUT2D eigenvalue weighted by Crippen LogP contribution is 2.43. The van der Waals surface area contributed by atoms with E-state index in [1.165, 1.54) is 18.2 Å². The fourth-order valence-corrected chi connectivity index (χ4v) is 4.00. The maximum atomic E-state index is 15.2. The lowest BCUT2D eigenvalue weighted by Gasteiger charge is -2.44. The molecule has 4 rings (SSSR count). The van der Waals surface area contributed by atoms with Crippen LogP contribution in [0.5, 0.6) is 5.75 Å². The number of rotatable bonds is 5. The van der Waals surface area contributed by atoms with Crippen molar-refractivity contribution < 1.29 is 17.9 Å². The van der Waals surface area contributed by atoms with Crippen LogP contribution in [0.2, 0.25) is 0 Å². The molecule has 174 valence electrons. The van der Waals surface area contributed by atoms with Gasteiger partial charge in [-0.1, -0.05) is 13.0 Å². The van der Waals surface area contributed by atoms with Crippen LogP contribution < -0.4 is 15.4 Å². The number of nitrogens with zero attached hydrogens (tertiary/aromatic N) is 3. The Hall–Kier alpha value is -3.29. The lowest BCUT2D eigenvalue weighted by molar-refractivity contribution is 0.0960. The Kier molecular flexibility index (Phi) is 5.95. The third-order valence-electron chi connectivity index (χ3n) is 5.88. The first kappa shape index (κ1) is 22.9. The van der Waals surface area contributed by atoms with Gasteiger partial charge in [-0.15, -0.1) is 0 Å². The molecule has 0 spiro atoms. The molecular weight excluding hydrogens is 429 g/mol. The van der Waals surface area contributed by atoms with Gasteiger partial charge in [0.25, 0.3) is 0 Å². The molecule has 0 radical (unpaired) electrons. The molecule has 0 amide bonds. The summed E-state index contributed by atoms with van der Waals surface area (Å²) in [4.78, 5) is 10.4. The smallest absolute Gasteiger partial charge is 0.179 e. The summed E-state index contributed by atoms with van der Waals surface area (Å²) in [5.74, 6) is -1.36. The van der Waals surface area contributed by atoms with E-state index in [1.807, 2.05) is 13.8 Å². The van der Waals surface area contributed by atoms with Crippen molar-refractivity contribution in [3.8, 4) is 17.0 Å². The minimum Gasteiger partial charge on any atom is -0.481 e. The average molecular weight is 457 g/mol. The van der Waals surface area contributed by atoms with Gasteiger partial charge in [0.05, 0.1) is 24.1 Å². The van der Waals surface area contributed by atoms with Crippen LogP contribution in [0, 0.1) is 17.5 Å². The summed E-state index contributed by atoms with van der Waals surface area (Å²) in [5.41, 5.74) is 6.42. The summed E-state index contributed by atoms with van der Waals surface area (Å²) in [6, 6.07) is 7.48. The molecule has 33 heavy (non-hydrogen) atoms. The number of fused-ring (bicyclic) bond motifs is 1. The van der Waals surface area contributed by atoms with Gasteiger partial charge in [0, 0.05) is 18.0 Å². The van der Waals surface area contributed by atoms with E-state index in [1.54, 1.807) is 12.1 Å². The Morgan fingerprint density at radius 1 is 1.12 bits per heavy atom. The van der Waals surface area contributed by atoms with Gasteiger partial charge in [-0.25, -0.2) is 23.1 Å². The topological polar surface area (TPSA) is 64.3 Å². The van der Waals surface area contributed by atoms with E-state index in [4.69, 9.17) is 10.5 Å². The summed E-state index contributed by atoms with van der Waals surface area (Å²) in [6.07, 6.45) is 2.08. The van der Waals surface area contributed by atoms with E-state index < -0.39 is 23.1 Å². The van der Waals surface area contributed by atoms with Gasteiger partial charge in [-0.2, -0.15) is 0 Å². The number of hydrogen-bond donors (Lipinski definition) is 1. The largest absolute Gasteiger partial charge is 0.481 e. The highest BCUT2D eigenvalue weighted by atomic mass is 19.1. The summed E-state index contributed by atoms with van der Waals surface area (Å²) in [5, 5.41) is 0. The first-order chi connectivity index (χ1) is 15.6. The fraction of sp³-hybridized carbons (Fsp3) is 0.360. The summed E-state index contributed by atoms with van der Waals surface area (Å²) < 4.78 is 49.7. The fourth-order valence-electron chi connectivity index (χ4n) is 4.00. The molecule has 1 aliphatic heterocycles. The van der Waals surface area contributed by atoms with Gasteiger partial charge < -0.3 is 15.4 Å². The van der Waals surface area contributed by atoms with Crippen molar-refractivity contribution in [1.82, 2.24) is 9.97 Å². The van der Waals surface area contributed by atoms with E-state index in [2.05, 4.69) is 28.7 Å². The Balaban J connectivity index is 1.76. The molecule has 0 aliphatic carbocycles. The quantitative estimate of drug-likeness (QED) is 0.513. The molecule has 1 aromatic heterocycles. The predicted octanol–water partition coefficient (Wildman–Crippen LogP) is 5.51. The van der Waals surface area contributed by atoms with Crippen molar-refractivity contribution in [2.45, 2.75) is 52.2 Å². The third-order valence-corrected chi connectivity index (χ3v) is 5.88. The zero-order valence-electron chi connectivity index (χ0n) is 19.1. The van der Waals surface area contributed by atoms with E-state index in [0.29, 0.717) is 17.8 Å². The monoisotopic (exact) mass is 456 g/mol. The van der Waals surface area contributed by atoms with Crippen LogP contribution in [0.25, 0.3) is 11.3 Å². The normalized spacial score (nSPS) is 15.7. The Morgan fingerprint density at radius 2 is 1.88 bits per heavy atom. The molecule has 2 N–H and O–H groups in total. The molecule has 0 saturated carbocycles. The highest BCUT2D eigenvalue weighted by molar-refractivity contribution is 5.72. The molecule has 8 heteroatoms. The van der Waals surface area contributed by atoms with Crippen molar-refractivity contribution in [3.05, 3.63) is 65.4 Å². The van der Waals surface area contributed by atoms with E-state index in [-0.39, 0.29) is 41.0 Å². The van der Waals surface area contributed by atoms with E-state index >= 15 is 4.39 Å². The Morgan fingerprint density at radius 3 is 2.58 bits per heavy atom. The standard InChI is InChI=1S/C25H27F3N4O/c1-5-14(2)32-13-25(3,4)33-24-18(27)10-16(11-21(24)32)23-19(28)12-30-22(31-23)9-15-6-7-20(29)17(26)8-15/h6-8,10-12,14H,5,9,13,29H2,1-4H3. The number of anilines is 2. The second-order valence-electron chi connectivity index (χ2n) is 9.07. The minimum atomic E-state index is -0.672. The number of hydrogen-bond acceptors (Lipinski definition) is 5. The number of nitrogen functional groups attached to an aromatic ring is 1. The molecule has 0 bridgehead atoms. The Bertz CT molecular complexity index is 1200. The maximum Gasteiger partial charge on any atom is 0.179 e. The van der Waals surface area contributed by atoms with Crippen molar-refractivity contribution in [3.63, 3.8) is 0 Å². The lowest BCUT2D eigenvalue weighted by Crippen LogP contribution is -2.50. The zero-order chi connectivity index (χ0) is 23.9. The number of aromatic nitrogens is 2. The summed E-state index contributed by atoms with van der Waals surface area (Å²) in [7, 11) is 0. The van der Waals surface area contributed by atoms with Crippen LogP contribution in [-0.4, -0.2) is 28.2 Å². The summed E-state index contributed by atoms with van der Waals surface area (Å²) >= 11 is 0. The average Bonchev–Trinajstić information content (AvgIpc) is 2.76. The van der Waals surface area contributed by atoms with Gasteiger partial charge in [0.2, 0.25) is 0 Å². The molecule has 3 aromatic rings. The first-order valence-corrected chi connectivity index (χ1v) is 10.9. The summed E-state index contributed by atoms with van der Waals surface area (Å²) in [6.45, 7) is 8.51. The van der Waals surface area contributed by atoms with Crippen LogP contribution in [0.4, 0.5) is 24.5 Å². The van der Waals surface area contributed by atoms with Gasteiger partial charge in [-0.05, 0) is 57.0 Å². The number of halogens is 3. The number of benzene rings is 2. The highest BCUT2D eigenvalue weighted by Gasteiger charge is 2.36. The molecule has 1 aliphatic rings. The van der Waals surface area contributed by atoms with Crippen LogP contribution in [-0.2, 0) is 6.42 Å². The van der Waals surface area contributed by atoms with Crippen LogP contribution in [0.1, 0.15) is 45.5 Å². The molecule has 5 nitrogen and oxygen atoms in total. The molecular formula is C25H27F3N4O. The molecule has 1 unspecified atom stereocenters. The van der Waals surface area contributed by atoms with Gasteiger partial charge in [-0.3, -0.25) is 0 Å². The second kappa shape index (κ2) is 8.57. The third kappa shape index (κ3) is 4.60. The minimum absolute atomic E-state index is 0.0217. The maximum absolute atomic E-state index is 15.2.